The molecule has 0 aromatic heterocycles. The zero-order chi connectivity index (χ0) is 20.1. The fourth-order valence-corrected chi connectivity index (χ4v) is 3.15. The van der Waals surface area contributed by atoms with Gasteiger partial charge < -0.3 is 14.8 Å². The third-order valence-corrected chi connectivity index (χ3v) is 4.75. The zero-order valence-corrected chi connectivity index (χ0v) is 17.0. The van der Waals surface area contributed by atoms with Crippen LogP contribution in [0.2, 0.25) is 10.0 Å². The van der Waals surface area contributed by atoms with Crippen molar-refractivity contribution in [3.8, 4) is 11.5 Å². The number of halogens is 2. The van der Waals surface area contributed by atoms with Crippen LogP contribution in [-0.4, -0.2) is 13.0 Å². The van der Waals surface area contributed by atoms with Crippen molar-refractivity contribution in [2.24, 2.45) is 0 Å². The quantitative estimate of drug-likeness (QED) is 0.525. The Morgan fingerprint density at radius 1 is 1.00 bits per heavy atom. The molecule has 0 aliphatic heterocycles. The average Bonchev–Trinajstić information content (AvgIpc) is 2.69. The lowest BCUT2D eigenvalue weighted by Gasteiger charge is -2.14. The van der Waals surface area contributed by atoms with E-state index in [1.54, 1.807) is 43.5 Å². The van der Waals surface area contributed by atoms with Gasteiger partial charge in [-0.25, -0.2) is 0 Å². The highest BCUT2D eigenvalue weighted by Crippen LogP contribution is 2.27. The third kappa shape index (κ3) is 4.77. The summed E-state index contributed by atoms with van der Waals surface area (Å²) < 4.78 is 11.3. The summed E-state index contributed by atoms with van der Waals surface area (Å²) in [5.74, 6) is 1.14. The van der Waals surface area contributed by atoms with Crippen molar-refractivity contribution < 1.29 is 14.3 Å². The summed E-state index contributed by atoms with van der Waals surface area (Å²) in [4.78, 5) is 12.6. The van der Waals surface area contributed by atoms with Crippen molar-refractivity contribution in [1.82, 2.24) is 0 Å². The van der Waals surface area contributed by atoms with Gasteiger partial charge in [-0.05, 0) is 55.0 Å². The zero-order valence-electron chi connectivity index (χ0n) is 15.5. The molecule has 3 aromatic carbocycles. The number of rotatable bonds is 6. The SMILES string of the molecule is COc1ccc(C(=O)Nc2ccc(Cl)cc2Cl)cc1COc1ccccc1C. The number of nitrogens with one attached hydrogen (secondary N) is 1. The van der Waals surface area contributed by atoms with Gasteiger partial charge in [0.25, 0.3) is 5.91 Å². The summed E-state index contributed by atoms with van der Waals surface area (Å²) in [7, 11) is 1.58. The number of hydrogen-bond donors (Lipinski definition) is 1. The number of hydrogen-bond acceptors (Lipinski definition) is 3. The fourth-order valence-electron chi connectivity index (χ4n) is 2.69. The topological polar surface area (TPSA) is 47.6 Å². The molecule has 3 aromatic rings. The number of anilines is 1. The molecule has 1 N–H and O–H groups in total. The Morgan fingerprint density at radius 3 is 2.50 bits per heavy atom. The Morgan fingerprint density at radius 2 is 1.79 bits per heavy atom. The first kappa shape index (κ1) is 20.1. The molecule has 28 heavy (non-hydrogen) atoms. The summed E-state index contributed by atoms with van der Waals surface area (Å²) in [6.07, 6.45) is 0. The second kappa shape index (κ2) is 9.00. The van der Waals surface area contributed by atoms with Crippen LogP contribution in [0.4, 0.5) is 5.69 Å². The van der Waals surface area contributed by atoms with E-state index >= 15 is 0 Å². The van der Waals surface area contributed by atoms with Gasteiger partial charge in [-0.2, -0.15) is 0 Å². The van der Waals surface area contributed by atoms with E-state index in [9.17, 15) is 4.79 Å². The van der Waals surface area contributed by atoms with Crippen molar-refractivity contribution in [3.05, 3.63) is 87.4 Å². The average molecular weight is 416 g/mol. The van der Waals surface area contributed by atoms with Gasteiger partial charge in [0.1, 0.15) is 18.1 Å². The summed E-state index contributed by atoms with van der Waals surface area (Å²) >= 11 is 12.0. The van der Waals surface area contributed by atoms with Crippen LogP contribution >= 0.6 is 23.2 Å². The first-order valence-electron chi connectivity index (χ1n) is 8.59. The van der Waals surface area contributed by atoms with Gasteiger partial charge in [-0.15, -0.1) is 0 Å². The van der Waals surface area contributed by atoms with E-state index in [-0.39, 0.29) is 12.5 Å². The summed E-state index contributed by atoms with van der Waals surface area (Å²) in [6, 6.07) is 17.8. The molecular weight excluding hydrogens is 397 g/mol. The molecule has 0 aliphatic rings. The smallest absolute Gasteiger partial charge is 0.255 e. The first-order valence-corrected chi connectivity index (χ1v) is 9.35. The van der Waals surface area contributed by atoms with Crippen molar-refractivity contribution in [1.29, 1.82) is 0 Å². The van der Waals surface area contributed by atoms with Crippen LogP contribution in [0, 0.1) is 6.92 Å². The molecular formula is C22H19Cl2NO3. The van der Waals surface area contributed by atoms with Gasteiger partial charge in [-0.1, -0.05) is 41.4 Å². The standard InChI is InChI=1S/C22H19Cl2NO3/c1-14-5-3-4-6-20(14)28-13-16-11-15(7-10-21(16)27-2)22(26)25-19-9-8-17(23)12-18(19)24/h3-12H,13H2,1-2H3,(H,25,26). The molecule has 0 saturated carbocycles. The molecule has 0 bridgehead atoms. The number of amides is 1. The van der Waals surface area contributed by atoms with Gasteiger partial charge in [0.05, 0.1) is 17.8 Å². The molecule has 0 radical (unpaired) electrons. The predicted molar refractivity (Wildman–Crippen MR) is 113 cm³/mol. The first-order chi connectivity index (χ1) is 13.5. The maximum atomic E-state index is 12.6. The lowest BCUT2D eigenvalue weighted by Crippen LogP contribution is -2.13. The number of para-hydroxylation sites is 1. The lowest BCUT2D eigenvalue weighted by atomic mass is 10.1. The molecule has 3 rings (SSSR count). The molecule has 1 amide bonds. The Hall–Kier alpha value is -2.69. The highest BCUT2D eigenvalue weighted by Gasteiger charge is 2.13. The van der Waals surface area contributed by atoms with E-state index in [0.29, 0.717) is 27.0 Å². The minimum absolute atomic E-state index is 0.275. The van der Waals surface area contributed by atoms with Crippen molar-refractivity contribution >= 4 is 34.8 Å². The van der Waals surface area contributed by atoms with E-state index in [4.69, 9.17) is 32.7 Å². The van der Waals surface area contributed by atoms with E-state index < -0.39 is 0 Å². The number of ether oxygens (including phenoxy) is 2. The summed E-state index contributed by atoms with van der Waals surface area (Å²) in [5, 5.41) is 3.67. The second-order valence-electron chi connectivity index (χ2n) is 6.16. The van der Waals surface area contributed by atoms with E-state index in [1.165, 1.54) is 0 Å². The molecule has 0 heterocycles. The molecule has 0 spiro atoms. The van der Waals surface area contributed by atoms with E-state index in [0.717, 1.165) is 16.9 Å². The maximum absolute atomic E-state index is 12.6. The van der Waals surface area contributed by atoms with Crippen LogP contribution in [0.3, 0.4) is 0 Å². The minimum Gasteiger partial charge on any atom is -0.496 e. The van der Waals surface area contributed by atoms with Crippen LogP contribution in [-0.2, 0) is 6.61 Å². The number of carbonyl (C=O) groups is 1. The molecule has 0 unspecified atom stereocenters. The highest BCUT2D eigenvalue weighted by atomic mass is 35.5. The second-order valence-corrected chi connectivity index (χ2v) is 7.00. The fraction of sp³-hybridized carbons (Fsp3) is 0.136. The van der Waals surface area contributed by atoms with E-state index in [1.807, 2.05) is 31.2 Å². The largest absolute Gasteiger partial charge is 0.496 e. The lowest BCUT2D eigenvalue weighted by molar-refractivity contribution is 0.102. The van der Waals surface area contributed by atoms with Gasteiger partial charge in [0.15, 0.2) is 0 Å². The van der Waals surface area contributed by atoms with Crippen molar-refractivity contribution in [2.75, 3.05) is 12.4 Å². The van der Waals surface area contributed by atoms with Crippen LogP contribution in [0.1, 0.15) is 21.5 Å². The predicted octanol–water partition coefficient (Wildman–Crippen LogP) is 6.14. The maximum Gasteiger partial charge on any atom is 0.255 e. The minimum atomic E-state index is -0.288. The Labute approximate surface area is 174 Å². The monoisotopic (exact) mass is 415 g/mol. The van der Waals surface area contributed by atoms with Gasteiger partial charge in [0, 0.05) is 16.1 Å². The summed E-state index contributed by atoms with van der Waals surface area (Å²) in [5.41, 5.74) is 2.76. The molecule has 144 valence electrons. The van der Waals surface area contributed by atoms with Crippen LogP contribution < -0.4 is 14.8 Å². The van der Waals surface area contributed by atoms with Crippen LogP contribution in [0.5, 0.6) is 11.5 Å². The number of carbonyl (C=O) groups excluding carboxylic acids is 1. The van der Waals surface area contributed by atoms with Crippen molar-refractivity contribution in [2.45, 2.75) is 13.5 Å². The van der Waals surface area contributed by atoms with Crippen molar-refractivity contribution in [3.63, 3.8) is 0 Å². The normalized spacial score (nSPS) is 10.4. The van der Waals surface area contributed by atoms with Gasteiger partial charge in [-0.3, -0.25) is 4.79 Å². The number of benzene rings is 3. The molecule has 0 saturated heterocycles. The third-order valence-electron chi connectivity index (χ3n) is 4.20. The van der Waals surface area contributed by atoms with Gasteiger partial charge >= 0.3 is 0 Å². The summed E-state index contributed by atoms with van der Waals surface area (Å²) in [6.45, 7) is 2.25. The van der Waals surface area contributed by atoms with E-state index in [2.05, 4.69) is 5.32 Å². The number of methoxy groups -OCH3 is 1. The number of aryl methyl sites for hydroxylation is 1. The molecule has 4 nitrogen and oxygen atoms in total. The van der Waals surface area contributed by atoms with Gasteiger partial charge in [0.2, 0.25) is 0 Å². The molecule has 0 fully saturated rings. The molecule has 0 atom stereocenters. The molecule has 6 heteroatoms. The highest BCUT2D eigenvalue weighted by molar-refractivity contribution is 6.36. The van der Waals surface area contributed by atoms with Crippen LogP contribution in [0.25, 0.3) is 0 Å². The van der Waals surface area contributed by atoms with Crippen LogP contribution in [0.15, 0.2) is 60.7 Å². The molecule has 0 aliphatic carbocycles. The Kier molecular flexibility index (Phi) is 6.45. The Balaban J connectivity index is 1.79. The Bertz CT molecular complexity index is 1000.